The van der Waals surface area contributed by atoms with E-state index < -0.39 is 0 Å². The van der Waals surface area contributed by atoms with E-state index in [2.05, 4.69) is 26.5 Å². The Morgan fingerprint density at radius 3 is 2.47 bits per heavy atom. The van der Waals surface area contributed by atoms with Gasteiger partial charge in [-0.05, 0) is 60.0 Å². The van der Waals surface area contributed by atoms with Crippen LogP contribution in [-0.4, -0.2) is 18.7 Å². The van der Waals surface area contributed by atoms with Gasteiger partial charge in [-0.15, -0.1) is 0 Å². The van der Waals surface area contributed by atoms with Gasteiger partial charge in [-0.1, -0.05) is 51.8 Å². The SMILES string of the molecule is CCOc1cc(/C=N/NC(=O)Cc2ccc(Br)cc2)cc(Cl)c1OCc1ccc(F)cc1. The minimum Gasteiger partial charge on any atom is -0.490 e. The fourth-order valence-electron chi connectivity index (χ4n) is 2.81. The molecule has 1 amide bonds. The molecule has 0 aliphatic carbocycles. The third-order valence-electron chi connectivity index (χ3n) is 4.31. The van der Waals surface area contributed by atoms with E-state index in [1.165, 1.54) is 18.3 Å². The molecular weight excluding hydrogens is 499 g/mol. The van der Waals surface area contributed by atoms with E-state index in [1.54, 1.807) is 24.3 Å². The molecule has 0 saturated carbocycles. The van der Waals surface area contributed by atoms with Gasteiger partial charge < -0.3 is 9.47 Å². The van der Waals surface area contributed by atoms with Gasteiger partial charge in [0.25, 0.3) is 0 Å². The standard InChI is InChI=1S/C24H21BrClFN2O3/c1-2-31-22-12-18(14-28-29-23(30)13-16-3-7-19(25)8-4-16)11-21(26)24(22)32-15-17-5-9-20(27)10-6-17/h3-12,14H,2,13,15H2,1H3,(H,29,30)/b28-14+. The van der Waals surface area contributed by atoms with Gasteiger partial charge in [0.15, 0.2) is 11.5 Å². The zero-order valence-corrected chi connectivity index (χ0v) is 19.6. The van der Waals surface area contributed by atoms with Crippen molar-refractivity contribution in [1.82, 2.24) is 5.43 Å². The normalized spacial score (nSPS) is 10.9. The average Bonchev–Trinajstić information content (AvgIpc) is 2.76. The largest absolute Gasteiger partial charge is 0.490 e. The van der Waals surface area contributed by atoms with Crippen LogP contribution in [0.3, 0.4) is 0 Å². The molecule has 0 unspecified atom stereocenters. The van der Waals surface area contributed by atoms with Crippen molar-refractivity contribution in [3.8, 4) is 11.5 Å². The first-order chi connectivity index (χ1) is 15.4. The number of amides is 1. The summed E-state index contributed by atoms with van der Waals surface area (Å²) in [5.41, 5.74) is 4.81. The molecule has 0 spiro atoms. The highest BCUT2D eigenvalue weighted by atomic mass is 79.9. The van der Waals surface area contributed by atoms with Crippen LogP contribution in [0.1, 0.15) is 23.6 Å². The lowest BCUT2D eigenvalue weighted by atomic mass is 10.1. The van der Waals surface area contributed by atoms with Gasteiger partial charge in [0.2, 0.25) is 5.91 Å². The number of benzene rings is 3. The zero-order chi connectivity index (χ0) is 22.9. The summed E-state index contributed by atoms with van der Waals surface area (Å²) >= 11 is 9.77. The lowest BCUT2D eigenvalue weighted by molar-refractivity contribution is -0.120. The molecule has 3 aromatic carbocycles. The molecule has 0 bridgehead atoms. The van der Waals surface area contributed by atoms with E-state index in [1.807, 2.05) is 31.2 Å². The van der Waals surface area contributed by atoms with Crippen molar-refractivity contribution in [2.24, 2.45) is 5.10 Å². The second kappa shape index (κ2) is 11.6. The number of rotatable bonds is 9. The summed E-state index contributed by atoms with van der Waals surface area (Å²) in [6.45, 7) is 2.47. The third kappa shape index (κ3) is 7.07. The molecule has 0 aliphatic rings. The molecule has 8 heteroatoms. The minimum absolute atomic E-state index is 0.208. The third-order valence-corrected chi connectivity index (χ3v) is 5.12. The van der Waals surface area contributed by atoms with Crippen molar-refractivity contribution < 1.29 is 18.7 Å². The Balaban J connectivity index is 1.65. The highest BCUT2D eigenvalue weighted by molar-refractivity contribution is 9.10. The number of hydrogen-bond donors (Lipinski definition) is 1. The van der Waals surface area contributed by atoms with E-state index in [9.17, 15) is 9.18 Å². The first kappa shape index (κ1) is 23.8. The van der Waals surface area contributed by atoms with E-state index in [0.717, 1.165) is 15.6 Å². The lowest BCUT2D eigenvalue weighted by Gasteiger charge is -2.14. The maximum atomic E-state index is 13.1. The molecule has 0 saturated heterocycles. The van der Waals surface area contributed by atoms with E-state index in [0.29, 0.717) is 28.7 Å². The fourth-order valence-corrected chi connectivity index (χ4v) is 3.35. The average molecular weight is 520 g/mol. The Kier molecular flexibility index (Phi) is 8.64. The Hall–Kier alpha value is -2.90. The summed E-state index contributed by atoms with van der Waals surface area (Å²) in [7, 11) is 0. The number of carbonyl (C=O) groups is 1. The highest BCUT2D eigenvalue weighted by Gasteiger charge is 2.13. The number of halogens is 3. The van der Waals surface area contributed by atoms with Gasteiger partial charge in [-0.2, -0.15) is 5.10 Å². The van der Waals surface area contributed by atoms with Gasteiger partial charge in [-0.3, -0.25) is 4.79 Å². The summed E-state index contributed by atoms with van der Waals surface area (Å²) in [5.74, 6) is 0.285. The first-order valence-electron chi connectivity index (χ1n) is 9.84. The fraction of sp³-hybridized carbons (Fsp3) is 0.167. The van der Waals surface area contributed by atoms with Crippen LogP contribution in [0.15, 0.2) is 70.2 Å². The number of ether oxygens (including phenoxy) is 2. The van der Waals surface area contributed by atoms with E-state index in [-0.39, 0.29) is 24.8 Å². The minimum atomic E-state index is -0.311. The van der Waals surface area contributed by atoms with Gasteiger partial charge in [-0.25, -0.2) is 9.82 Å². The van der Waals surface area contributed by atoms with E-state index in [4.69, 9.17) is 21.1 Å². The van der Waals surface area contributed by atoms with Crippen LogP contribution in [0.2, 0.25) is 5.02 Å². The predicted octanol–water partition coefficient (Wildman–Crippen LogP) is 5.91. The van der Waals surface area contributed by atoms with Crippen molar-refractivity contribution in [2.45, 2.75) is 20.0 Å². The predicted molar refractivity (Wildman–Crippen MR) is 127 cm³/mol. The van der Waals surface area contributed by atoms with Crippen LogP contribution >= 0.6 is 27.5 Å². The van der Waals surface area contributed by atoms with Gasteiger partial charge >= 0.3 is 0 Å². The van der Waals surface area contributed by atoms with Gasteiger partial charge in [0, 0.05) is 4.47 Å². The number of nitrogens with zero attached hydrogens (tertiary/aromatic N) is 1. The van der Waals surface area contributed by atoms with E-state index >= 15 is 0 Å². The number of nitrogens with one attached hydrogen (secondary N) is 1. The van der Waals surface area contributed by atoms with Crippen molar-refractivity contribution in [1.29, 1.82) is 0 Å². The molecule has 0 heterocycles. The van der Waals surface area contributed by atoms with Crippen LogP contribution in [-0.2, 0) is 17.8 Å². The van der Waals surface area contributed by atoms with Crippen molar-refractivity contribution in [3.05, 3.63) is 92.7 Å². The van der Waals surface area contributed by atoms with Crippen LogP contribution < -0.4 is 14.9 Å². The second-order valence-electron chi connectivity index (χ2n) is 6.77. The van der Waals surface area contributed by atoms with Crippen molar-refractivity contribution >= 4 is 39.7 Å². The number of hydrazone groups is 1. The molecule has 0 aliphatic heterocycles. The van der Waals surface area contributed by atoms with Crippen molar-refractivity contribution in [3.63, 3.8) is 0 Å². The molecule has 0 fully saturated rings. The van der Waals surface area contributed by atoms with Crippen LogP contribution in [0.4, 0.5) is 4.39 Å². The Labute approximate surface area is 199 Å². The van der Waals surface area contributed by atoms with Gasteiger partial charge in [0.1, 0.15) is 12.4 Å². The summed E-state index contributed by atoms with van der Waals surface area (Å²) in [5, 5.41) is 4.34. The maximum absolute atomic E-state index is 13.1. The molecule has 3 rings (SSSR count). The smallest absolute Gasteiger partial charge is 0.244 e. The topological polar surface area (TPSA) is 59.9 Å². The zero-order valence-electron chi connectivity index (χ0n) is 17.3. The van der Waals surface area contributed by atoms with Crippen molar-refractivity contribution in [2.75, 3.05) is 6.61 Å². The Bertz CT molecular complexity index is 1090. The Morgan fingerprint density at radius 1 is 1.09 bits per heavy atom. The summed E-state index contributed by atoms with van der Waals surface area (Å²) in [6.07, 6.45) is 1.70. The van der Waals surface area contributed by atoms with Crippen LogP contribution in [0, 0.1) is 5.82 Å². The summed E-state index contributed by atoms with van der Waals surface area (Å²) < 4.78 is 25.5. The molecule has 3 aromatic rings. The molecular formula is C24H21BrClFN2O3. The molecule has 0 radical (unpaired) electrons. The summed E-state index contributed by atoms with van der Waals surface area (Å²) in [4.78, 5) is 12.1. The quantitative estimate of drug-likeness (QED) is 0.282. The molecule has 1 N–H and O–H groups in total. The molecule has 0 aromatic heterocycles. The molecule has 5 nitrogen and oxygen atoms in total. The van der Waals surface area contributed by atoms with Crippen LogP contribution in [0.5, 0.6) is 11.5 Å². The monoisotopic (exact) mass is 518 g/mol. The highest BCUT2D eigenvalue weighted by Crippen LogP contribution is 2.37. The number of hydrogen-bond acceptors (Lipinski definition) is 4. The first-order valence-corrected chi connectivity index (χ1v) is 11.0. The van der Waals surface area contributed by atoms with Gasteiger partial charge in [0.05, 0.1) is 24.3 Å². The van der Waals surface area contributed by atoms with Crippen LogP contribution in [0.25, 0.3) is 0 Å². The lowest BCUT2D eigenvalue weighted by Crippen LogP contribution is -2.19. The summed E-state index contributed by atoms with van der Waals surface area (Å²) in [6, 6.07) is 16.9. The molecule has 166 valence electrons. The number of carbonyl (C=O) groups excluding carboxylic acids is 1. The molecule has 32 heavy (non-hydrogen) atoms. The maximum Gasteiger partial charge on any atom is 0.244 e. The second-order valence-corrected chi connectivity index (χ2v) is 8.10. The Morgan fingerprint density at radius 2 is 1.78 bits per heavy atom. The molecule has 0 atom stereocenters.